The van der Waals surface area contributed by atoms with Gasteiger partial charge in [-0.15, -0.1) is 11.7 Å². The number of nitrogens with zero attached hydrogens (tertiary/aromatic N) is 4. The van der Waals surface area contributed by atoms with Crippen LogP contribution in [0.4, 0.5) is 0 Å². The first-order valence-electron chi connectivity index (χ1n) is 10.3. The van der Waals surface area contributed by atoms with Gasteiger partial charge >= 0.3 is 0 Å². The predicted molar refractivity (Wildman–Crippen MR) is 111 cm³/mol. The number of nitrogens with one attached hydrogen (secondary N) is 1. The Morgan fingerprint density at radius 2 is 2.21 bits per heavy atom. The molecule has 7 nitrogen and oxygen atoms in total. The highest BCUT2D eigenvalue weighted by Gasteiger charge is 2.47. The SMILES string of the molecule is C=CCN(C)C(=O)[C@H]1C[NH+]2CC[C@H]1C[C@@H]2Cn1cc(-c2ccc(OC)cc2)nn1. The summed E-state index contributed by atoms with van der Waals surface area (Å²) in [4.78, 5) is 16.1. The van der Waals surface area contributed by atoms with E-state index < -0.39 is 0 Å². The summed E-state index contributed by atoms with van der Waals surface area (Å²) in [7, 11) is 3.54. The van der Waals surface area contributed by atoms with E-state index in [4.69, 9.17) is 4.74 Å². The Morgan fingerprint density at radius 1 is 1.41 bits per heavy atom. The number of carbonyl (C=O) groups excluding carboxylic acids is 1. The molecule has 3 aliphatic heterocycles. The van der Waals surface area contributed by atoms with Crippen LogP contribution in [0, 0.1) is 11.8 Å². The topological polar surface area (TPSA) is 64.7 Å². The number of amides is 1. The molecule has 0 saturated carbocycles. The number of methoxy groups -OCH3 is 1. The van der Waals surface area contributed by atoms with Gasteiger partial charge in [0.25, 0.3) is 0 Å². The van der Waals surface area contributed by atoms with Crippen molar-refractivity contribution in [2.45, 2.75) is 25.4 Å². The molecular weight excluding hydrogens is 366 g/mol. The summed E-state index contributed by atoms with van der Waals surface area (Å²) in [5, 5.41) is 8.70. The Labute approximate surface area is 171 Å². The molecule has 3 aliphatic rings. The van der Waals surface area contributed by atoms with Gasteiger partial charge in [0.15, 0.2) is 0 Å². The maximum absolute atomic E-state index is 12.8. The van der Waals surface area contributed by atoms with E-state index in [1.54, 1.807) is 13.2 Å². The van der Waals surface area contributed by atoms with Crippen molar-refractivity contribution in [1.29, 1.82) is 0 Å². The first-order valence-corrected chi connectivity index (χ1v) is 10.3. The summed E-state index contributed by atoms with van der Waals surface area (Å²) in [5.41, 5.74) is 1.91. The van der Waals surface area contributed by atoms with Crippen molar-refractivity contribution in [2.24, 2.45) is 11.8 Å². The second-order valence-electron chi connectivity index (χ2n) is 8.26. The van der Waals surface area contributed by atoms with Gasteiger partial charge in [-0.3, -0.25) is 4.79 Å². The molecule has 1 aromatic heterocycles. The van der Waals surface area contributed by atoms with E-state index in [2.05, 4.69) is 16.9 Å². The normalized spacial score (nSPS) is 25.6. The molecule has 4 atom stereocenters. The molecule has 1 amide bonds. The van der Waals surface area contributed by atoms with Crippen LogP contribution in [0.25, 0.3) is 11.3 Å². The summed E-state index contributed by atoms with van der Waals surface area (Å²) >= 11 is 0. The largest absolute Gasteiger partial charge is 0.497 e. The molecule has 5 rings (SSSR count). The zero-order valence-corrected chi connectivity index (χ0v) is 17.3. The zero-order valence-electron chi connectivity index (χ0n) is 17.3. The highest BCUT2D eigenvalue weighted by Crippen LogP contribution is 2.29. The van der Waals surface area contributed by atoms with E-state index in [0.29, 0.717) is 18.5 Å². The second-order valence-corrected chi connectivity index (χ2v) is 8.26. The minimum atomic E-state index is 0.144. The van der Waals surface area contributed by atoms with Crippen molar-refractivity contribution in [3.63, 3.8) is 0 Å². The van der Waals surface area contributed by atoms with Gasteiger partial charge in [0.2, 0.25) is 5.91 Å². The number of hydrogen-bond acceptors (Lipinski definition) is 4. The molecule has 1 unspecified atom stereocenters. The third kappa shape index (κ3) is 4.05. The van der Waals surface area contributed by atoms with E-state index >= 15 is 0 Å². The Kier molecular flexibility index (Phi) is 5.67. The van der Waals surface area contributed by atoms with Crippen LogP contribution in [0.1, 0.15) is 12.8 Å². The number of ether oxygens (including phenoxy) is 1. The van der Waals surface area contributed by atoms with E-state index in [-0.39, 0.29) is 11.8 Å². The van der Waals surface area contributed by atoms with E-state index in [1.807, 2.05) is 47.1 Å². The second kappa shape index (κ2) is 8.37. The van der Waals surface area contributed by atoms with Crippen LogP contribution < -0.4 is 9.64 Å². The van der Waals surface area contributed by atoms with Gasteiger partial charge in [0.05, 0.1) is 38.9 Å². The lowest BCUT2D eigenvalue weighted by molar-refractivity contribution is -0.945. The van der Waals surface area contributed by atoms with E-state index in [1.165, 1.54) is 4.90 Å². The van der Waals surface area contributed by atoms with Crippen LogP contribution in [0.15, 0.2) is 43.1 Å². The summed E-state index contributed by atoms with van der Waals surface area (Å²) in [6.45, 7) is 7.28. The van der Waals surface area contributed by atoms with Gasteiger partial charge < -0.3 is 14.5 Å². The van der Waals surface area contributed by atoms with Gasteiger partial charge in [0.1, 0.15) is 17.5 Å². The molecule has 7 heteroatoms. The standard InChI is InChI=1S/C22H29N5O2/c1-4-10-25(2)22(28)20-14-26-11-9-17(20)12-18(26)13-27-15-21(23-24-27)16-5-7-19(29-3)8-6-16/h4-8,15,17-18,20H,1,9-14H2,2-3H3/p+1/t17-,18+,20-/m0/s1. The molecule has 3 saturated heterocycles. The number of aromatic nitrogens is 3. The summed E-state index contributed by atoms with van der Waals surface area (Å²) in [5.74, 6) is 1.72. The number of likely N-dealkylation sites (N-methyl/N-ethyl adjacent to an activating group) is 1. The minimum Gasteiger partial charge on any atom is -0.497 e. The van der Waals surface area contributed by atoms with Crippen LogP contribution in [0.2, 0.25) is 0 Å². The summed E-state index contributed by atoms with van der Waals surface area (Å²) < 4.78 is 7.17. The number of hydrogen-bond donors (Lipinski definition) is 1. The highest BCUT2D eigenvalue weighted by atomic mass is 16.5. The Hall–Kier alpha value is -2.67. The van der Waals surface area contributed by atoms with Crippen molar-refractivity contribution in [2.75, 3.05) is 33.8 Å². The monoisotopic (exact) mass is 396 g/mol. The zero-order chi connectivity index (χ0) is 20.4. The van der Waals surface area contributed by atoms with Gasteiger partial charge in [-0.2, -0.15) is 0 Å². The Balaban J connectivity index is 1.40. The van der Waals surface area contributed by atoms with Gasteiger partial charge in [-0.05, 0) is 30.2 Å². The van der Waals surface area contributed by atoms with Crippen molar-refractivity contribution >= 4 is 5.91 Å². The molecule has 2 bridgehead atoms. The molecule has 29 heavy (non-hydrogen) atoms. The predicted octanol–water partition coefficient (Wildman–Crippen LogP) is 0.891. The number of rotatable bonds is 7. The first kappa shape index (κ1) is 19.6. The average Bonchev–Trinajstić information content (AvgIpc) is 3.22. The Bertz CT molecular complexity index is 862. The molecule has 1 aromatic carbocycles. The van der Waals surface area contributed by atoms with Crippen LogP contribution in [0.3, 0.4) is 0 Å². The number of fused-ring (bicyclic) bond motifs is 3. The average molecular weight is 397 g/mol. The third-order valence-electron chi connectivity index (χ3n) is 6.48. The molecule has 2 aromatic rings. The molecule has 0 spiro atoms. The quantitative estimate of drug-likeness (QED) is 0.706. The van der Waals surface area contributed by atoms with Crippen LogP contribution >= 0.6 is 0 Å². The summed E-state index contributed by atoms with van der Waals surface area (Å²) in [6.07, 6.45) is 6.02. The molecule has 4 heterocycles. The van der Waals surface area contributed by atoms with Crippen molar-refractivity contribution in [3.05, 3.63) is 43.1 Å². The van der Waals surface area contributed by atoms with E-state index in [0.717, 1.165) is 49.5 Å². The lowest BCUT2D eigenvalue weighted by Gasteiger charge is -2.46. The molecule has 3 fully saturated rings. The maximum atomic E-state index is 12.8. The van der Waals surface area contributed by atoms with Gasteiger partial charge in [-0.1, -0.05) is 11.3 Å². The first-order chi connectivity index (χ1) is 14.1. The van der Waals surface area contributed by atoms with Crippen molar-refractivity contribution in [3.8, 4) is 17.0 Å². The smallest absolute Gasteiger partial charge is 0.231 e. The fraction of sp³-hybridized carbons (Fsp3) is 0.500. The third-order valence-corrected chi connectivity index (χ3v) is 6.48. The fourth-order valence-electron chi connectivity index (χ4n) is 4.87. The van der Waals surface area contributed by atoms with E-state index in [9.17, 15) is 4.79 Å². The van der Waals surface area contributed by atoms with Crippen LogP contribution in [-0.4, -0.2) is 65.6 Å². The number of carbonyl (C=O) groups is 1. The summed E-state index contributed by atoms with van der Waals surface area (Å²) in [6, 6.07) is 8.37. The number of piperidine rings is 3. The molecule has 0 aliphatic carbocycles. The fourth-order valence-corrected chi connectivity index (χ4v) is 4.87. The number of quaternary nitrogens is 1. The molecular formula is C22H30N5O2+. The lowest BCUT2D eigenvalue weighted by atomic mass is 9.75. The lowest BCUT2D eigenvalue weighted by Crippen LogP contribution is -3.20. The maximum Gasteiger partial charge on any atom is 0.231 e. The molecule has 0 radical (unpaired) electrons. The molecule has 154 valence electrons. The molecule has 1 N–H and O–H groups in total. The van der Waals surface area contributed by atoms with Gasteiger partial charge in [-0.25, -0.2) is 4.68 Å². The van der Waals surface area contributed by atoms with Gasteiger partial charge in [0, 0.05) is 32.0 Å². The van der Waals surface area contributed by atoms with Crippen LogP contribution in [-0.2, 0) is 11.3 Å². The van der Waals surface area contributed by atoms with Crippen molar-refractivity contribution < 1.29 is 14.4 Å². The number of benzene rings is 1. The van der Waals surface area contributed by atoms with Crippen LogP contribution in [0.5, 0.6) is 5.75 Å². The van der Waals surface area contributed by atoms with Crippen molar-refractivity contribution in [1.82, 2.24) is 19.9 Å². The Morgan fingerprint density at radius 3 is 2.86 bits per heavy atom. The highest BCUT2D eigenvalue weighted by molar-refractivity contribution is 5.79. The minimum absolute atomic E-state index is 0.144.